The molecule has 1 heterocycles. The van der Waals surface area contributed by atoms with E-state index in [1.54, 1.807) is 0 Å². The third kappa shape index (κ3) is 1.48. The Kier molecular flexibility index (Phi) is 1.91. The van der Waals surface area contributed by atoms with E-state index < -0.39 is 0 Å². The lowest BCUT2D eigenvalue weighted by molar-refractivity contribution is 0.923. The third-order valence-corrected chi connectivity index (χ3v) is 3.27. The van der Waals surface area contributed by atoms with Gasteiger partial charge in [-0.05, 0) is 48.9 Å². The topological polar surface area (TPSA) is 15.8 Å². The van der Waals surface area contributed by atoms with Crippen LogP contribution in [0.4, 0.5) is 0 Å². The van der Waals surface area contributed by atoms with Crippen molar-refractivity contribution in [3.63, 3.8) is 0 Å². The third-order valence-electron chi connectivity index (χ3n) is 3.27. The quantitative estimate of drug-likeness (QED) is 0.668. The molecule has 3 rings (SSSR count). The second-order valence-electron chi connectivity index (χ2n) is 4.40. The average Bonchev–Trinajstić information content (AvgIpc) is 2.49. The van der Waals surface area contributed by atoms with E-state index in [4.69, 9.17) is 0 Å². The van der Waals surface area contributed by atoms with Gasteiger partial charge in [0.15, 0.2) is 0 Å². The van der Waals surface area contributed by atoms with Crippen molar-refractivity contribution in [3.05, 3.63) is 58.4 Å². The molecule has 2 aromatic rings. The molecule has 0 saturated carbocycles. The smallest absolute Gasteiger partial charge is 0.0188 e. The zero-order valence-corrected chi connectivity index (χ0v) is 9.01. The summed E-state index contributed by atoms with van der Waals surface area (Å²) in [5, 5.41) is 0. The molecule has 15 heavy (non-hydrogen) atoms. The number of aryl methyl sites for hydroxylation is 3. The molecule has 1 aliphatic rings. The summed E-state index contributed by atoms with van der Waals surface area (Å²) < 4.78 is 0. The summed E-state index contributed by atoms with van der Waals surface area (Å²) in [6, 6.07) is 11.1. The minimum atomic E-state index is 1.09. The molecule has 1 nitrogen and oxygen atoms in total. The van der Waals surface area contributed by atoms with Crippen LogP contribution >= 0.6 is 0 Å². The van der Waals surface area contributed by atoms with Crippen molar-refractivity contribution >= 4 is 0 Å². The number of hydrogen-bond donors (Lipinski definition) is 1. The van der Waals surface area contributed by atoms with E-state index in [1.807, 2.05) is 0 Å². The van der Waals surface area contributed by atoms with Crippen molar-refractivity contribution in [1.29, 1.82) is 0 Å². The monoisotopic (exact) mass is 197 g/mol. The Morgan fingerprint density at radius 1 is 1.00 bits per heavy atom. The number of rotatable bonds is 0. The van der Waals surface area contributed by atoms with Crippen LogP contribution in [-0.2, 0) is 19.3 Å². The summed E-state index contributed by atoms with van der Waals surface area (Å²) in [6.45, 7) is 2.14. The predicted octanol–water partition coefficient (Wildman–Crippen LogP) is 3.01. The fourth-order valence-corrected chi connectivity index (χ4v) is 2.52. The number of nitrogens with one attached hydrogen (secondary N) is 1. The first-order valence-corrected chi connectivity index (χ1v) is 5.57. The molecule has 0 saturated heterocycles. The van der Waals surface area contributed by atoms with Crippen LogP contribution in [0.1, 0.15) is 28.1 Å². The van der Waals surface area contributed by atoms with Gasteiger partial charge in [0.1, 0.15) is 0 Å². The Morgan fingerprint density at radius 3 is 2.67 bits per heavy atom. The Hall–Kier alpha value is -1.50. The van der Waals surface area contributed by atoms with Crippen molar-refractivity contribution < 1.29 is 0 Å². The maximum Gasteiger partial charge on any atom is 0.0188 e. The van der Waals surface area contributed by atoms with E-state index in [2.05, 4.69) is 42.2 Å². The summed E-state index contributed by atoms with van der Waals surface area (Å²) in [6.07, 6.45) is 3.42. The van der Waals surface area contributed by atoms with Gasteiger partial charge in [0, 0.05) is 11.4 Å². The van der Waals surface area contributed by atoms with Crippen LogP contribution in [0.25, 0.3) is 0 Å². The second kappa shape index (κ2) is 3.27. The van der Waals surface area contributed by atoms with Gasteiger partial charge in [0.25, 0.3) is 0 Å². The van der Waals surface area contributed by atoms with Gasteiger partial charge in [-0.3, -0.25) is 0 Å². The van der Waals surface area contributed by atoms with Gasteiger partial charge < -0.3 is 4.98 Å². The minimum Gasteiger partial charge on any atom is -0.362 e. The molecule has 1 aromatic carbocycles. The van der Waals surface area contributed by atoms with Gasteiger partial charge in [-0.15, -0.1) is 0 Å². The summed E-state index contributed by atoms with van der Waals surface area (Å²) in [7, 11) is 0. The van der Waals surface area contributed by atoms with E-state index >= 15 is 0 Å². The molecule has 76 valence electrons. The molecule has 0 radical (unpaired) electrons. The molecule has 1 aliphatic carbocycles. The largest absolute Gasteiger partial charge is 0.362 e. The molecule has 0 aliphatic heterocycles. The van der Waals surface area contributed by atoms with E-state index in [0.29, 0.717) is 0 Å². The van der Waals surface area contributed by atoms with E-state index in [1.165, 1.54) is 34.5 Å². The standard InChI is InChI=1S/C14H15N/c1-10-8-13-9-12-5-3-2-4-11(12)6-7-14(13)15-10/h2-5,8,15H,6-7,9H2,1H3. The molecular weight excluding hydrogens is 182 g/mol. The highest BCUT2D eigenvalue weighted by atomic mass is 14.7. The van der Waals surface area contributed by atoms with Crippen LogP contribution in [0.3, 0.4) is 0 Å². The van der Waals surface area contributed by atoms with Crippen LogP contribution in [0.15, 0.2) is 30.3 Å². The number of benzene rings is 1. The van der Waals surface area contributed by atoms with Crippen LogP contribution in [0.2, 0.25) is 0 Å². The van der Waals surface area contributed by atoms with E-state index in [-0.39, 0.29) is 0 Å². The first-order chi connectivity index (χ1) is 7.33. The molecule has 0 spiro atoms. The molecule has 1 N–H and O–H groups in total. The number of H-pyrrole nitrogens is 1. The van der Waals surface area contributed by atoms with E-state index in [9.17, 15) is 0 Å². The Morgan fingerprint density at radius 2 is 1.80 bits per heavy atom. The SMILES string of the molecule is Cc1cc2c([nH]1)CCc1ccccc1C2. The van der Waals surface area contributed by atoms with Crippen molar-refractivity contribution in [2.24, 2.45) is 0 Å². The van der Waals surface area contributed by atoms with Crippen LogP contribution < -0.4 is 0 Å². The van der Waals surface area contributed by atoms with Gasteiger partial charge in [-0.2, -0.15) is 0 Å². The molecule has 1 aromatic heterocycles. The Labute approximate surface area is 90.2 Å². The lowest BCUT2D eigenvalue weighted by Gasteiger charge is -2.03. The van der Waals surface area contributed by atoms with Gasteiger partial charge in [0.2, 0.25) is 0 Å². The normalized spacial score (nSPS) is 14.2. The number of aromatic nitrogens is 1. The number of fused-ring (bicyclic) bond motifs is 2. The molecular formula is C14H15N. The molecule has 0 amide bonds. The highest BCUT2D eigenvalue weighted by Crippen LogP contribution is 2.24. The minimum absolute atomic E-state index is 1.09. The Bertz CT molecular complexity index is 494. The van der Waals surface area contributed by atoms with Crippen molar-refractivity contribution in [3.8, 4) is 0 Å². The fraction of sp³-hybridized carbons (Fsp3) is 0.286. The first-order valence-electron chi connectivity index (χ1n) is 5.57. The summed E-state index contributed by atoms with van der Waals surface area (Å²) >= 11 is 0. The number of aromatic amines is 1. The van der Waals surface area contributed by atoms with Crippen LogP contribution in [0, 0.1) is 6.92 Å². The van der Waals surface area contributed by atoms with Gasteiger partial charge in [-0.1, -0.05) is 24.3 Å². The van der Waals surface area contributed by atoms with Gasteiger partial charge in [-0.25, -0.2) is 0 Å². The second-order valence-corrected chi connectivity index (χ2v) is 4.40. The first kappa shape index (κ1) is 8.78. The van der Waals surface area contributed by atoms with Gasteiger partial charge >= 0.3 is 0 Å². The van der Waals surface area contributed by atoms with Crippen molar-refractivity contribution in [2.75, 3.05) is 0 Å². The van der Waals surface area contributed by atoms with Crippen LogP contribution in [-0.4, -0.2) is 4.98 Å². The van der Waals surface area contributed by atoms with Gasteiger partial charge in [0.05, 0.1) is 0 Å². The zero-order valence-electron chi connectivity index (χ0n) is 9.01. The van der Waals surface area contributed by atoms with Crippen molar-refractivity contribution in [2.45, 2.75) is 26.2 Å². The lowest BCUT2D eigenvalue weighted by Crippen LogP contribution is -1.91. The highest BCUT2D eigenvalue weighted by molar-refractivity contribution is 5.39. The number of hydrogen-bond acceptors (Lipinski definition) is 0. The maximum absolute atomic E-state index is 3.47. The molecule has 0 atom stereocenters. The average molecular weight is 197 g/mol. The van der Waals surface area contributed by atoms with E-state index in [0.717, 1.165) is 12.8 Å². The maximum atomic E-state index is 3.47. The van der Waals surface area contributed by atoms with Crippen LogP contribution in [0.5, 0.6) is 0 Å². The highest BCUT2D eigenvalue weighted by Gasteiger charge is 2.13. The zero-order chi connectivity index (χ0) is 10.3. The molecule has 0 fully saturated rings. The molecule has 0 unspecified atom stereocenters. The molecule has 1 heteroatoms. The summed E-state index contributed by atoms with van der Waals surface area (Å²) in [4.78, 5) is 3.47. The lowest BCUT2D eigenvalue weighted by atomic mass is 10.0. The Balaban J connectivity index is 2.08. The summed E-state index contributed by atoms with van der Waals surface area (Å²) in [5.74, 6) is 0. The molecule has 0 bridgehead atoms. The van der Waals surface area contributed by atoms with Crippen molar-refractivity contribution in [1.82, 2.24) is 4.98 Å². The summed E-state index contributed by atoms with van der Waals surface area (Å²) in [5.41, 5.74) is 7.22. The predicted molar refractivity (Wildman–Crippen MR) is 62.2 cm³/mol. The fourth-order valence-electron chi connectivity index (χ4n) is 2.52.